The van der Waals surface area contributed by atoms with Crippen LogP contribution in [0.3, 0.4) is 0 Å². The summed E-state index contributed by atoms with van der Waals surface area (Å²) in [5, 5.41) is 12.5. The molecule has 2 rings (SSSR count). The van der Waals surface area contributed by atoms with E-state index in [0.717, 1.165) is 42.5 Å². The molecular formula is C52H86O2Si. The fourth-order valence-electron chi connectivity index (χ4n) is 8.43. The Kier molecular flexibility index (Phi) is 28.3. The largest absolute Gasteiger partial charge is 0.424 e. The van der Waals surface area contributed by atoms with Gasteiger partial charge in [-0.2, -0.15) is 0 Å². The van der Waals surface area contributed by atoms with Crippen molar-refractivity contribution >= 4 is 18.7 Å². The molecule has 2 aromatic carbocycles. The summed E-state index contributed by atoms with van der Waals surface area (Å²) in [6.07, 6.45) is 47.4. The summed E-state index contributed by atoms with van der Waals surface area (Å²) in [4.78, 5) is 12.7. The van der Waals surface area contributed by atoms with Crippen molar-refractivity contribution < 1.29 is 9.90 Å². The van der Waals surface area contributed by atoms with E-state index in [9.17, 15) is 9.90 Å². The lowest BCUT2D eigenvalue weighted by Gasteiger charge is -2.43. The minimum Gasteiger partial charge on any atom is -0.424 e. The lowest BCUT2D eigenvalue weighted by Crippen LogP contribution is -2.65. The van der Waals surface area contributed by atoms with Gasteiger partial charge in [-0.25, -0.2) is 0 Å². The van der Waals surface area contributed by atoms with E-state index in [0.29, 0.717) is 5.92 Å². The average Bonchev–Trinajstić information content (AvgIpc) is 3.19. The van der Waals surface area contributed by atoms with Crippen LogP contribution in [0.2, 0.25) is 5.04 Å². The molecule has 0 fully saturated rings. The number of rotatable bonds is 35. The average molecular weight is 771 g/mol. The van der Waals surface area contributed by atoms with Crippen LogP contribution in [0.1, 0.15) is 201 Å². The van der Waals surface area contributed by atoms with E-state index >= 15 is 0 Å². The molecule has 0 amide bonds. The summed E-state index contributed by atoms with van der Waals surface area (Å²) < 4.78 is 0. The summed E-state index contributed by atoms with van der Waals surface area (Å²) >= 11 is 0. The van der Waals surface area contributed by atoms with Crippen molar-refractivity contribution in [1.29, 1.82) is 0 Å². The number of aliphatic hydroxyl groups excluding tert-OH is 1. The number of unbranched alkanes of at least 4 members (excludes halogenated alkanes) is 17. The minimum atomic E-state index is -2.99. The maximum atomic E-state index is 12.7. The molecule has 0 saturated heterocycles. The van der Waals surface area contributed by atoms with Gasteiger partial charge in [0.15, 0.2) is 0 Å². The van der Waals surface area contributed by atoms with Crippen LogP contribution in [0.5, 0.6) is 0 Å². The van der Waals surface area contributed by atoms with Crippen LogP contribution in [-0.4, -0.2) is 24.3 Å². The maximum Gasteiger partial charge on any atom is 0.258 e. The van der Waals surface area contributed by atoms with Gasteiger partial charge in [-0.1, -0.05) is 228 Å². The molecule has 0 bridgehead atoms. The van der Waals surface area contributed by atoms with E-state index in [2.05, 4.69) is 125 Å². The molecule has 2 atom stereocenters. The Bertz CT molecular complexity index is 1190. The first-order chi connectivity index (χ1) is 26.8. The fraction of sp³-hybridized carbons (Fsp3) is 0.654. The molecule has 0 radical (unpaired) electrons. The molecule has 0 aromatic heterocycles. The molecule has 2 N–H and O–H groups in total. The van der Waals surface area contributed by atoms with Crippen LogP contribution in [0, 0.1) is 5.92 Å². The third kappa shape index (κ3) is 21.8. The Morgan fingerprint density at radius 3 is 1.40 bits per heavy atom. The quantitative estimate of drug-likeness (QED) is 0.0416. The van der Waals surface area contributed by atoms with E-state index in [1.54, 1.807) is 0 Å². The third-order valence-electron chi connectivity index (χ3n) is 11.9. The van der Waals surface area contributed by atoms with Crippen molar-refractivity contribution in [2.24, 2.45) is 5.92 Å². The topological polar surface area (TPSA) is 40.5 Å². The van der Waals surface area contributed by atoms with Crippen molar-refractivity contribution in [3.05, 3.63) is 97.1 Å². The van der Waals surface area contributed by atoms with Gasteiger partial charge in [0.2, 0.25) is 0 Å². The second-order valence-corrected chi connectivity index (χ2v) is 21.3. The van der Waals surface area contributed by atoms with Gasteiger partial charge in [-0.3, -0.25) is 0 Å². The number of benzene rings is 2. The van der Waals surface area contributed by atoms with Crippen LogP contribution in [0.25, 0.3) is 0 Å². The molecule has 55 heavy (non-hydrogen) atoms. The molecule has 0 heterocycles. The molecule has 2 nitrogen and oxygen atoms in total. The number of aliphatic hydroxyl groups is 1. The molecular weight excluding hydrogens is 685 g/mol. The zero-order valence-electron chi connectivity index (χ0n) is 36.4. The summed E-state index contributed by atoms with van der Waals surface area (Å²) in [6, 6.07) is 21.0. The Hall–Kier alpha value is -2.20. The van der Waals surface area contributed by atoms with Gasteiger partial charge in [-0.05, 0) is 92.0 Å². The monoisotopic (exact) mass is 771 g/mol. The van der Waals surface area contributed by atoms with E-state index < -0.39 is 8.32 Å². The predicted octanol–water partition coefficient (Wildman–Crippen LogP) is 14.7. The van der Waals surface area contributed by atoms with Crippen molar-refractivity contribution in [3.63, 3.8) is 0 Å². The van der Waals surface area contributed by atoms with Gasteiger partial charge in [0.05, 0.1) is 6.10 Å². The highest BCUT2D eigenvalue weighted by molar-refractivity contribution is 6.98. The lowest BCUT2D eigenvalue weighted by atomic mass is 9.88. The molecule has 0 saturated carbocycles. The molecule has 2 aromatic rings. The fourth-order valence-corrected chi connectivity index (χ4v) is 12.3. The highest BCUT2D eigenvalue weighted by atomic mass is 28.4. The second-order valence-electron chi connectivity index (χ2n) is 17.3. The molecule has 0 aliphatic heterocycles. The zero-order valence-corrected chi connectivity index (χ0v) is 37.4. The summed E-state index contributed by atoms with van der Waals surface area (Å²) in [7, 11) is -2.99. The van der Waals surface area contributed by atoms with E-state index in [1.807, 2.05) is 0 Å². The third-order valence-corrected chi connectivity index (χ3v) is 16.4. The van der Waals surface area contributed by atoms with Gasteiger partial charge in [-0.15, -0.1) is 0 Å². The van der Waals surface area contributed by atoms with Gasteiger partial charge in [0, 0.05) is 0 Å². The molecule has 0 spiro atoms. The van der Waals surface area contributed by atoms with Gasteiger partial charge in [0.25, 0.3) is 8.32 Å². The van der Waals surface area contributed by atoms with Crippen LogP contribution < -0.4 is 10.4 Å². The Morgan fingerprint density at radius 1 is 0.509 bits per heavy atom. The summed E-state index contributed by atoms with van der Waals surface area (Å²) in [5.74, 6) is 0.583. The van der Waals surface area contributed by atoms with Crippen LogP contribution >= 0.6 is 0 Å². The van der Waals surface area contributed by atoms with Gasteiger partial charge in [0.1, 0.15) is 0 Å². The van der Waals surface area contributed by atoms with Crippen LogP contribution in [0.15, 0.2) is 97.1 Å². The molecule has 0 aliphatic carbocycles. The van der Waals surface area contributed by atoms with E-state index in [4.69, 9.17) is 0 Å². The molecule has 310 valence electrons. The SMILES string of the molecule is CCCCC/C=C\C/C=C\CCCCCCCCC(O)CCCCCCCC/C=C\C[C@@H](CCCCC)CC(C)(C)[Si](O)(c1ccccc1)c1ccccc1. The normalized spacial score (nSPS) is 13.8. The minimum absolute atomic E-state index is 0.0971. The van der Waals surface area contributed by atoms with E-state index in [-0.39, 0.29) is 11.1 Å². The first kappa shape index (κ1) is 48.9. The van der Waals surface area contributed by atoms with Gasteiger partial charge >= 0.3 is 0 Å². The van der Waals surface area contributed by atoms with Crippen molar-refractivity contribution in [3.8, 4) is 0 Å². The molecule has 3 heteroatoms. The van der Waals surface area contributed by atoms with Gasteiger partial charge < -0.3 is 9.90 Å². The standard InChI is InChI=1S/C52H86O2Si/c1-5-7-9-10-11-12-13-14-15-16-17-18-21-24-27-33-41-49(53)42-34-28-25-22-19-20-23-26-32-40-48(39-31-8-6-2)47-52(3,4)55(54,50-43-35-29-36-44-50)51-45-37-30-38-46-51/h11-12,14-15,26,29-30,32,35-38,43-46,48-49,53-54H,5-10,13,16-25,27-28,31,33-34,39-42,47H2,1-4H3/b12-11-,15-14-,32-26-/t48-,49?/m1/s1. The molecule has 1 unspecified atom stereocenters. The van der Waals surface area contributed by atoms with E-state index in [1.165, 1.54) is 141 Å². The predicted molar refractivity (Wildman–Crippen MR) is 247 cm³/mol. The molecule has 0 aliphatic rings. The first-order valence-electron chi connectivity index (χ1n) is 23.3. The summed E-state index contributed by atoms with van der Waals surface area (Å²) in [5.41, 5.74) is 0. The Labute approximate surface area is 342 Å². The maximum absolute atomic E-state index is 12.7. The summed E-state index contributed by atoms with van der Waals surface area (Å²) in [6.45, 7) is 9.21. The van der Waals surface area contributed by atoms with Crippen molar-refractivity contribution in [2.75, 3.05) is 0 Å². The number of hydrogen-bond acceptors (Lipinski definition) is 2. The van der Waals surface area contributed by atoms with Crippen LogP contribution in [0.4, 0.5) is 0 Å². The van der Waals surface area contributed by atoms with Crippen molar-refractivity contribution in [2.45, 2.75) is 212 Å². The smallest absolute Gasteiger partial charge is 0.258 e. The highest BCUT2D eigenvalue weighted by Gasteiger charge is 2.50. The highest BCUT2D eigenvalue weighted by Crippen LogP contribution is 2.43. The van der Waals surface area contributed by atoms with Crippen molar-refractivity contribution in [1.82, 2.24) is 0 Å². The number of hydrogen-bond donors (Lipinski definition) is 2. The number of allylic oxidation sites excluding steroid dienone is 6. The first-order valence-corrected chi connectivity index (χ1v) is 25.3. The Morgan fingerprint density at radius 2 is 0.909 bits per heavy atom. The lowest BCUT2D eigenvalue weighted by molar-refractivity contribution is 0.147. The Balaban J connectivity index is 1.56. The zero-order chi connectivity index (χ0) is 39.7. The van der Waals surface area contributed by atoms with Crippen LogP contribution in [-0.2, 0) is 0 Å². The second kappa shape index (κ2) is 31.8.